The van der Waals surface area contributed by atoms with Gasteiger partial charge in [-0.2, -0.15) is 9.78 Å². The van der Waals surface area contributed by atoms with Crippen LogP contribution in [0.3, 0.4) is 0 Å². The molecule has 1 aliphatic heterocycles. The molecule has 0 unspecified atom stereocenters. The Morgan fingerprint density at radius 3 is 2.53 bits per heavy atom. The molecule has 5 rings (SSSR count). The molecule has 4 aromatic rings. The van der Waals surface area contributed by atoms with Gasteiger partial charge in [-0.15, -0.1) is 0 Å². The second-order valence-electron chi connectivity index (χ2n) is 7.46. The van der Waals surface area contributed by atoms with E-state index in [1.54, 1.807) is 18.5 Å². The van der Waals surface area contributed by atoms with Gasteiger partial charge in [-0.1, -0.05) is 12.1 Å². The summed E-state index contributed by atoms with van der Waals surface area (Å²) in [6.45, 7) is 7.27. The van der Waals surface area contributed by atoms with Gasteiger partial charge in [0.25, 0.3) is 5.56 Å². The van der Waals surface area contributed by atoms with Gasteiger partial charge < -0.3 is 14.2 Å². The van der Waals surface area contributed by atoms with Crippen molar-refractivity contribution < 1.29 is 4.74 Å². The first-order valence-corrected chi connectivity index (χ1v) is 10.1. The first-order chi connectivity index (χ1) is 14.6. The topological polar surface area (TPSA) is 65.2 Å². The molecule has 0 amide bonds. The van der Waals surface area contributed by atoms with Gasteiger partial charge in [-0.3, -0.25) is 4.79 Å². The van der Waals surface area contributed by atoms with Crippen molar-refractivity contribution in [3.8, 4) is 11.5 Å². The Kier molecular flexibility index (Phi) is 4.59. The summed E-state index contributed by atoms with van der Waals surface area (Å²) in [5.74, 6) is 0.517. The smallest absolute Gasteiger partial charge is 0.282 e. The van der Waals surface area contributed by atoms with E-state index in [4.69, 9.17) is 4.74 Å². The molecule has 152 valence electrons. The Balaban J connectivity index is 1.66. The Labute approximate surface area is 174 Å². The fraction of sp³-hybridized carbons (Fsp3) is 0.261. The average Bonchev–Trinajstić information content (AvgIpc) is 3.06. The van der Waals surface area contributed by atoms with Crippen molar-refractivity contribution in [2.45, 2.75) is 13.8 Å². The molecule has 0 bridgehead atoms. The lowest BCUT2D eigenvalue weighted by Crippen LogP contribution is -2.36. The van der Waals surface area contributed by atoms with Gasteiger partial charge in [-0.25, -0.2) is 4.98 Å². The zero-order valence-electron chi connectivity index (χ0n) is 17.1. The van der Waals surface area contributed by atoms with E-state index in [2.05, 4.69) is 43.8 Å². The maximum Gasteiger partial charge on any atom is 0.282 e. The van der Waals surface area contributed by atoms with E-state index in [1.807, 2.05) is 26.0 Å². The van der Waals surface area contributed by atoms with Crippen LogP contribution in [0.15, 0.2) is 59.7 Å². The van der Waals surface area contributed by atoms with Crippen LogP contribution < -0.4 is 10.5 Å². The first kappa shape index (κ1) is 18.6. The molecule has 0 spiro atoms. The average molecular weight is 401 g/mol. The lowest BCUT2D eigenvalue weighted by molar-refractivity contribution is 0.122. The summed E-state index contributed by atoms with van der Waals surface area (Å²) in [4.78, 5) is 19.9. The minimum atomic E-state index is -0.158. The normalized spacial score (nSPS) is 14.4. The standard InChI is InChI=1S/C23H23N5O2/c1-16-20-15-25-28(21-8-3-4-9-24-21)23(29)22(20)17(2)27(16)19-7-5-6-18(14-19)26-10-12-30-13-11-26/h3-9,14-15H,10-13H2,1-2H3. The number of pyridine rings is 1. The van der Waals surface area contributed by atoms with Crippen molar-refractivity contribution in [2.24, 2.45) is 0 Å². The molecule has 1 aromatic carbocycles. The van der Waals surface area contributed by atoms with Crippen molar-refractivity contribution in [2.75, 3.05) is 31.2 Å². The number of hydrogen-bond acceptors (Lipinski definition) is 5. The van der Waals surface area contributed by atoms with Crippen molar-refractivity contribution in [3.05, 3.63) is 76.6 Å². The number of anilines is 1. The van der Waals surface area contributed by atoms with Crippen LogP contribution in [0.25, 0.3) is 22.3 Å². The molecule has 0 atom stereocenters. The van der Waals surface area contributed by atoms with E-state index in [1.165, 1.54) is 4.68 Å². The van der Waals surface area contributed by atoms with Crippen LogP contribution in [0.5, 0.6) is 0 Å². The van der Waals surface area contributed by atoms with E-state index in [-0.39, 0.29) is 5.56 Å². The number of benzene rings is 1. The molecule has 0 radical (unpaired) electrons. The highest BCUT2D eigenvalue weighted by atomic mass is 16.5. The number of rotatable bonds is 3. The van der Waals surface area contributed by atoms with Gasteiger partial charge in [0.2, 0.25) is 0 Å². The van der Waals surface area contributed by atoms with Gasteiger partial charge in [0.05, 0.1) is 24.8 Å². The van der Waals surface area contributed by atoms with Gasteiger partial charge in [0, 0.05) is 47.4 Å². The van der Waals surface area contributed by atoms with Gasteiger partial charge in [-0.05, 0) is 44.2 Å². The van der Waals surface area contributed by atoms with Crippen LogP contribution in [0.1, 0.15) is 11.4 Å². The molecule has 1 fully saturated rings. The van der Waals surface area contributed by atoms with E-state index >= 15 is 0 Å². The lowest BCUT2D eigenvalue weighted by Gasteiger charge is -2.29. The molecule has 0 N–H and O–H groups in total. The molecule has 30 heavy (non-hydrogen) atoms. The van der Waals surface area contributed by atoms with E-state index in [0.29, 0.717) is 11.2 Å². The predicted molar refractivity (Wildman–Crippen MR) is 117 cm³/mol. The highest BCUT2D eigenvalue weighted by Gasteiger charge is 2.19. The Morgan fingerprint density at radius 1 is 0.967 bits per heavy atom. The van der Waals surface area contributed by atoms with Crippen LogP contribution in [-0.4, -0.2) is 45.6 Å². The summed E-state index contributed by atoms with van der Waals surface area (Å²) in [6, 6.07) is 13.9. The van der Waals surface area contributed by atoms with Crippen molar-refractivity contribution in [1.29, 1.82) is 0 Å². The maximum atomic E-state index is 13.3. The van der Waals surface area contributed by atoms with Gasteiger partial charge >= 0.3 is 0 Å². The molecular formula is C23H23N5O2. The molecular weight excluding hydrogens is 378 g/mol. The third-order valence-electron chi connectivity index (χ3n) is 5.73. The summed E-state index contributed by atoms with van der Waals surface area (Å²) < 4.78 is 8.98. The van der Waals surface area contributed by atoms with Crippen LogP contribution in [-0.2, 0) is 4.74 Å². The Bertz CT molecular complexity index is 1270. The quantitative estimate of drug-likeness (QED) is 0.528. The predicted octanol–water partition coefficient (Wildman–Crippen LogP) is 3.02. The highest BCUT2D eigenvalue weighted by Crippen LogP contribution is 2.28. The van der Waals surface area contributed by atoms with Crippen LogP contribution >= 0.6 is 0 Å². The lowest BCUT2D eigenvalue weighted by atomic mass is 10.2. The van der Waals surface area contributed by atoms with E-state index in [0.717, 1.165) is 54.5 Å². The first-order valence-electron chi connectivity index (χ1n) is 10.1. The number of nitrogens with zero attached hydrogens (tertiary/aromatic N) is 5. The number of fused-ring (bicyclic) bond motifs is 1. The zero-order valence-corrected chi connectivity index (χ0v) is 17.1. The van der Waals surface area contributed by atoms with Crippen LogP contribution in [0, 0.1) is 13.8 Å². The minimum absolute atomic E-state index is 0.158. The molecule has 1 saturated heterocycles. The number of aromatic nitrogens is 4. The van der Waals surface area contributed by atoms with Crippen LogP contribution in [0.4, 0.5) is 5.69 Å². The monoisotopic (exact) mass is 401 g/mol. The van der Waals surface area contributed by atoms with Gasteiger partial charge in [0.1, 0.15) is 0 Å². The molecule has 1 aliphatic rings. The third kappa shape index (κ3) is 2.98. The zero-order chi connectivity index (χ0) is 20.7. The van der Waals surface area contributed by atoms with Crippen LogP contribution in [0.2, 0.25) is 0 Å². The summed E-state index contributed by atoms with van der Waals surface area (Å²) in [5.41, 5.74) is 3.94. The third-order valence-corrected chi connectivity index (χ3v) is 5.73. The Morgan fingerprint density at radius 2 is 1.77 bits per heavy atom. The Hall–Kier alpha value is -3.45. The fourth-order valence-corrected chi connectivity index (χ4v) is 4.24. The summed E-state index contributed by atoms with van der Waals surface area (Å²) >= 11 is 0. The SMILES string of the molecule is Cc1c2cnn(-c3ccccn3)c(=O)c2c(C)n1-c1cccc(N2CCOCC2)c1. The molecule has 0 saturated carbocycles. The second kappa shape index (κ2) is 7.42. The largest absolute Gasteiger partial charge is 0.378 e. The molecule has 7 nitrogen and oxygen atoms in total. The molecule has 0 aliphatic carbocycles. The van der Waals surface area contributed by atoms with Crippen molar-refractivity contribution >= 4 is 16.5 Å². The number of aryl methyl sites for hydroxylation is 2. The molecule has 4 heterocycles. The summed E-state index contributed by atoms with van der Waals surface area (Å²) in [7, 11) is 0. The summed E-state index contributed by atoms with van der Waals surface area (Å²) in [5, 5.41) is 5.92. The van der Waals surface area contributed by atoms with Crippen molar-refractivity contribution in [1.82, 2.24) is 19.3 Å². The fourth-order valence-electron chi connectivity index (χ4n) is 4.24. The van der Waals surface area contributed by atoms with Crippen molar-refractivity contribution in [3.63, 3.8) is 0 Å². The highest BCUT2D eigenvalue weighted by molar-refractivity contribution is 5.88. The van der Waals surface area contributed by atoms with E-state index in [9.17, 15) is 4.79 Å². The van der Waals surface area contributed by atoms with Gasteiger partial charge in [0.15, 0.2) is 5.82 Å². The maximum absolute atomic E-state index is 13.3. The number of morpholine rings is 1. The second-order valence-corrected chi connectivity index (χ2v) is 7.46. The molecule has 7 heteroatoms. The minimum Gasteiger partial charge on any atom is -0.378 e. The number of hydrogen-bond donors (Lipinski definition) is 0. The summed E-state index contributed by atoms with van der Waals surface area (Å²) in [6.07, 6.45) is 3.42. The number of ether oxygens (including phenoxy) is 1. The molecule has 3 aromatic heterocycles. The van der Waals surface area contributed by atoms with E-state index < -0.39 is 0 Å².